The van der Waals surface area contributed by atoms with Gasteiger partial charge in [0.05, 0.1) is 23.9 Å². The number of nitrogen functional groups attached to an aromatic ring is 1. The number of nitrogens with zero attached hydrogens (tertiary/aromatic N) is 2. The first kappa shape index (κ1) is 13.1. The summed E-state index contributed by atoms with van der Waals surface area (Å²) in [5.41, 5.74) is 10.5. The molecule has 5 nitrogen and oxygen atoms in total. The number of anilines is 1. The van der Waals surface area contributed by atoms with Crippen molar-refractivity contribution in [2.24, 2.45) is 5.73 Å². The third-order valence-electron chi connectivity index (χ3n) is 1.90. The Bertz CT molecular complexity index is 453. The zero-order valence-electron chi connectivity index (χ0n) is 8.58. The highest BCUT2D eigenvalue weighted by atomic mass is 19.4. The molecule has 0 amide bonds. The Hall–Kier alpha value is -2.01. The highest BCUT2D eigenvalue weighted by Crippen LogP contribution is 2.33. The summed E-state index contributed by atoms with van der Waals surface area (Å²) in [5.74, 6) is -0.602. The maximum absolute atomic E-state index is 12.2. The predicted molar refractivity (Wildman–Crippen MR) is 52.5 cm³/mol. The van der Waals surface area contributed by atoms with Gasteiger partial charge in [-0.25, -0.2) is 0 Å². The zero-order valence-corrected chi connectivity index (χ0v) is 8.58. The fourth-order valence-corrected chi connectivity index (χ4v) is 1.20. The van der Waals surface area contributed by atoms with Crippen LogP contribution < -0.4 is 16.2 Å². The van der Waals surface area contributed by atoms with E-state index in [1.807, 2.05) is 0 Å². The van der Waals surface area contributed by atoms with Gasteiger partial charge in [-0.3, -0.25) is 4.98 Å². The standard InChI is InChI=1S/C9H9F3N4O/c10-9(11,12)17-8-5(1-2-13)4-16-6(3-14)7(8)15/h4H,1,3,14-15H2. The second-order valence-corrected chi connectivity index (χ2v) is 3.06. The average Bonchev–Trinajstić information content (AvgIpc) is 2.22. The van der Waals surface area contributed by atoms with Crippen LogP contribution in [0.2, 0.25) is 0 Å². The van der Waals surface area contributed by atoms with Crippen molar-refractivity contribution >= 4 is 5.69 Å². The number of alkyl halides is 3. The van der Waals surface area contributed by atoms with E-state index in [9.17, 15) is 13.2 Å². The van der Waals surface area contributed by atoms with Crippen molar-refractivity contribution in [3.05, 3.63) is 17.5 Å². The van der Waals surface area contributed by atoms with Crippen LogP contribution in [-0.4, -0.2) is 11.3 Å². The van der Waals surface area contributed by atoms with Gasteiger partial charge in [0.1, 0.15) is 0 Å². The first-order chi connectivity index (χ1) is 7.89. The smallest absolute Gasteiger partial charge is 0.403 e. The first-order valence-electron chi connectivity index (χ1n) is 4.48. The summed E-state index contributed by atoms with van der Waals surface area (Å²) in [6.45, 7) is -0.118. The van der Waals surface area contributed by atoms with Crippen molar-refractivity contribution in [2.75, 3.05) is 5.73 Å². The number of nitrogens with two attached hydrogens (primary N) is 2. The molecule has 0 unspecified atom stereocenters. The first-order valence-corrected chi connectivity index (χ1v) is 4.48. The van der Waals surface area contributed by atoms with E-state index >= 15 is 0 Å². The van der Waals surface area contributed by atoms with Gasteiger partial charge in [0.25, 0.3) is 0 Å². The molecule has 0 aliphatic carbocycles. The lowest BCUT2D eigenvalue weighted by molar-refractivity contribution is -0.274. The molecule has 0 bridgehead atoms. The molecule has 0 spiro atoms. The Morgan fingerprint density at radius 1 is 1.47 bits per heavy atom. The van der Waals surface area contributed by atoms with E-state index in [1.54, 1.807) is 6.07 Å². The quantitative estimate of drug-likeness (QED) is 0.831. The van der Waals surface area contributed by atoms with Crippen molar-refractivity contribution in [2.45, 2.75) is 19.3 Å². The number of pyridine rings is 1. The molecule has 0 aromatic carbocycles. The summed E-state index contributed by atoms with van der Waals surface area (Å²) in [6, 6.07) is 1.70. The molecular formula is C9H9F3N4O. The maximum Gasteiger partial charge on any atom is 0.573 e. The molecule has 1 heterocycles. The third kappa shape index (κ3) is 3.22. The fraction of sp³-hybridized carbons (Fsp3) is 0.333. The number of hydrogen-bond donors (Lipinski definition) is 2. The van der Waals surface area contributed by atoms with Gasteiger partial charge in [0.2, 0.25) is 0 Å². The van der Waals surface area contributed by atoms with E-state index in [4.69, 9.17) is 16.7 Å². The van der Waals surface area contributed by atoms with Crippen LogP contribution in [0.1, 0.15) is 11.3 Å². The molecule has 4 N–H and O–H groups in total. The lowest BCUT2D eigenvalue weighted by Crippen LogP contribution is -2.20. The van der Waals surface area contributed by atoms with Crippen LogP contribution in [0.25, 0.3) is 0 Å². The van der Waals surface area contributed by atoms with Crippen molar-refractivity contribution in [1.82, 2.24) is 4.98 Å². The molecule has 0 saturated heterocycles. The van der Waals surface area contributed by atoms with Gasteiger partial charge in [0, 0.05) is 18.3 Å². The summed E-state index contributed by atoms with van der Waals surface area (Å²) in [5, 5.41) is 8.48. The summed E-state index contributed by atoms with van der Waals surface area (Å²) in [4.78, 5) is 3.76. The Labute approximate surface area is 94.8 Å². The van der Waals surface area contributed by atoms with Crippen LogP contribution in [0, 0.1) is 11.3 Å². The number of ether oxygens (including phenoxy) is 1. The monoisotopic (exact) mass is 246 g/mol. The molecule has 1 aromatic rings. The van der Waals surface area contributed by atoms with Gasteiger partial charge >= 0.3 is 6.36 Å². The topological polar surface area (TPSA) is 98.0 Å². The highest BCUT2D eigenvalue weighted by molar-refractivity contribution is 5.60. The Morgan fingerprint density at radius 2 is 2.12 bits per heavy atom. The molecule has 0 fully saturated rings. The minimum atomic E-state index is -4.88. The summed E-state index contributed by atoms with van der Waals surface area (Å²) >= 11 is 0. The number of rotatable bonds is 3. The van der Waals surface area contributed by atoms with Crippen LogP contribution >= 0.6 is 0 Å². The van der Waals surface area contributed by atoms with Crippen molar-refractivity contribution in [3.63, 3.8) is 0 Å². The third-order valence-corrected chi connectivity index (χ3v) is 1.90. The molecule has 1 aromatic heterocycles. The summed E-state index contributed by atoms with van der Waals surface area (Å²) < 4.78 is 40.3. The summed E-state index contributed by atoms with van der Waals surface area (Å²) in [7, 11) is 0. The van der Waals surface area contributed by atoms with Crippen molar-refractivity contribution < 1.29 is 17.9 Å². The van der Waals surface area contributed by atoms with E-state index in [0.717, 1.165) is 6.20 Å². The number of nitriles is 1. The number of aromatic nitrogens is 1. The second-order valence-electron chi connectivity index (χ2n) is 3.06. The maximum atomic E-state index is 12.2. The Balaban J connectivity index is 3.25. The van der Waals surface area contributed by atoms with Gasteiger partial charge in [-0.05, 0) is 0 Å². The minimum absolute atomic E-state index is 0.0282. The van der Waals surface area contributed by atoms with Crippen molar-refractivity contribution in [3.8, 4) is 11.8 Å². The average molecular weight is 246 g/mol. The van der Waals surface area contributed by atoms with Crippen LogP contribution in [-0.2, 0) is 13.0 Å². The molecule has 92 valence electrons. The highest BCUT2D eigenvalue weighted by Gasteiger charge is 2.33. The molecule has 0 saturated carbocycles. The fourth-order valence-electron chi connectivity index (χ4n) is 1.20. The molecule has 0 radical (unpaired) electrons. The van der Waals surface area contributed by atoms with E-state index in [0.29, 0.717) is 0 Å². The Morgan fingerprint density at radius 3 is 2.59 bits per heavy atom. The Kier molecular flexibility index (Phi) is 3.75. The molecule has 0 aliphatic heterocycles. The lowest BCUT2D eigenvalue weighted by Gasteiger charge is -2.15. The SMILES string of the molecule is N#CCc1cnc(CN)c(N)c1OC(F)(F)F. The second kappa shape index (κ2) is 4.88. The molecule has 17 heavy (non-hydrogen) atoms. The molecule has 0 aliphatic rings. The van der Waals surface area contributed by atoms with Crippen molar-refractivity contribution in [1.29, 1.82) is 5.26 Å². The van der Waals surface area contributed by atoms with Gasteiger partial charge in [-0.15, -0.1) is 13.2 Å². The molecule has 8 heteroatoms. The number of hydrogen-bond acceptors (Lipinski definition) is 5. The van der Waals surface area contributed by atoms with E-state index < -0.39 is 12.1 Å². The lowest BCUT2D eigenvalue weighted by atomic mass is 10.1. The normalized spacial score (nSPS) is 11.0. The van der Waals surface area contributed by atoms with Gasteiger partial charge in [-0.1, -0.05) is 0 Å². The number of halogens is 3. The van der Waals surface area contributed by atoms with Gasteiger partial charge in [-0.2, -0.15) is 5.26 Å². The van der Waals surface area contributed by atoms with E-state index in [2.05, 4.69) is 9.72 Å². The molecular weight excluding hydrogens is 237 g/mol. The van der Waals surface area contributed by atoms with Crippen LogP contribution in [0.5, 0.6) is 5.75 Å². The zero-order chi connectivity index (χ0) is 13.1. The van der Waals surface area contributed by atoms with Crippen LogP contribution in [0.4, 0.5) is 18.9 Å². The van der Waals surface area contributed by atoms with Crippen LogP contribution in [0.15, 0.2) is 6.20 Å². The molecule has 1 rings (SSSR count). The minimum Gasteiger partial charge on any atom is -0.403 e. The van der Waals surface area contributed by atoms with Gasteiger partial charge < -0.3 is 16.2 Å². The molecule has 0 atom stereocenters. The summed E-state index contributed by atoms with van der Waals surface area (Å²) in [6.07, 6.45) is -4.07. The van der Waals surface area contributed by atoms with E-state index in [-0.39, 0.29) is 29.9 Å². The van der Waals surface area contributed by atoms with Crippen LogP contribution in [0.3, 0.4) is 0 Å². The van der Waals surface area contributed by atoms with Gasteiger partial charge in [0.15, 0.2) is 5.75 Å². The predicted octanol–water partition coefficient (Wildman–Crippen LogP) is 1.09. The largest absolute Gasteiger partial charge is 0.573 e. The van der Waals surface area contributed by atoms with E-state index in [1.165, 1.54) is 0 Å².